The molecule has 2 atom stereocenters. The number of rotatable bonds is 3. The molecular weight excluding hydrogens is 268 g/mol. The van der Waals surface area contributed by atoms with Crippen molar-refractivity contribution in [3.05, 3.63) is 29.8 Å². The van der Waals surface area contributed by atoms with Gasteiger partial charge in [-0.05, 0) is 24.1 Å². The monoisotopic (exact) mass is 290 g/mol. The Morgan fingerprint density at radius 3 is 2.43 bits per heavy atom. The van der Waals surface area contributed by atoms with Crippen LogP contribution >= 0.6 is 0 Å². The molecule has 1 saturated heterocycles. The molecule has 2 amide bonds. The van der Waals surface area contributed by atoms with Gasteiger partial charge in [0.2, 0.25) is 11.8 Å². The van der Waals surface area contributed by atoms with E-state index in [0.717, 1.165) is 11.3 Å². The summed E-state index contributed by atoms with van der Waals surface area (Å²) in [7, 11) is 6.89. The van der Waals surface area contributed by atoms with Crippen LogP contribution in [0.25, 0.3) is 0 Å². The Bertz CT molecular complexity index is 525. The summed E-state index contributed by atoms with van der Waals surface area (Å²) in [5, 5.41) is 0. The maximum atomic E-state index is 12.4. The van der Waals surface area contributed by atoms with Crippen LogP contribution in [0.3, 0.4) is 0 Å². The molecule has 0 spiro atoms. The number of hydrogen-bond acceptors (Lipinski definition) is 3. The summed E-state index contributed by atoms with van der Waals surface area (Å²) in [5.41, 5.74) is 0.964. The summed E-state index contributed by atoms with van der Waals surface area (Å²) in [5.74, 6) is 0.712. The second-order valence-electron chi connectivity index (χ2n) is 5.60. The van der Waals surface area contributed by atoms with E-state index in [2.05, 4.69) is 0 Å². The van der Waals surface area contributed by atoms with E-state index < -0.39 is 0 Å². The second-order valence-corrected chi connectivity index (χ2v) is 5.60. The Morgan fingerprint density at radius 2 is 1.90 bits per heavy atom. The standard InChI is InChI=1S/C16H22N2O3/c1-17(2)16(20)13-9-10-14(19)18(3)15(13)11-5-7-12(21-4)8-6-11/h5-8,13,15H,9-10H2,1-4H3/t13-,15-/m0/s1. The van der Waals surface area contributed by atoms with Gasteiger partial charge < -0.3 is 14.5 Å². The molecule has 1 fully saturated rings. The third kappa shape index (κ3) is 3.01. The summed E-state index contributed by atoms with van der Waals surface area (Å²) in [6.45, 7) is 0. The first-order valence-corrected chi connectivity index (χ1v) is 7.06. The van der Waals surface area contributed by atoms with Crippen LogP contribution in [0.5, 0.6) is 5.75 Å². The number of amides is 2. The van der Waals surface area contributed by atoms with Crippen LogP contribution in [-0.2, 0) is 9.59 Å². The fourth-order valence-electron chi connectivity index (χ4n) is 2.89. The minimum Gasteiger partial charge on any atom is -0.497 e. The van der Waals surface area contributed by atoms with Gasteiger partial charge in [0.1, 0.15) is 5.75 Å². The first-order chi connectivity index (χ1) is 9.95. The fourth-order valence-corrected chi connectivity index (χ4v) is 2.89. The van der Waals surface area contributed by atoms with Crippen molar-refractivity contribution in [2.75, 3.05) is 28.3 Å². The zero-order chi connectivity index (χ0) is 15.6. The van der Waals surface area contributed by atoms with Gasteiger partial charge in [0.25, 0.3) is 0 Å². The molecule has 1 heterocycles. The average Bonchev–Trinajstić information content (AvgIpc) is 2.49. The normalized spacial score (nSPS) is 22.1. The molecule has 0 aliphatic carbocycles. The predicted octanol–water partition coefficient (Wildman–Crippen LogP) is 1.69. The molecule has 2 rings (SSSR count). The van der Waals surface area contributed by atoms with Gasteiger partial charge in [-0.15, -0.1) is 0 Å². The Balaban J connectivity index is 2.36. The quantitative estimate of drug-likeness (QED) is 0.851. The number of likely N-dealkylation sites (tertiary alicyclic amines) is 1. The van der Waals surface area contributed by atoms with Crippen LogP contribution < -0.4 is 4.74 Å². The fraction of sp³-hybridized carbons (Fsp3) is 0.500. The lowest BCUT2D eigenvalue weighted by molar-refractivity contribution is -0.145. The molecule has 0 radical (unpaired) electrons. The van der Waals surface area contributed by atoms with E-state index in [1.165, 1.54) is 0 Å². The first-order valence-electron chi connectivity index (χ1n) is 7.06. The third-order valence-corrected chi connectivity index (χ3v) is 4.08. The van der Waals surface area contributed by atoms with Crippen LogP contribution in [0.4, 0.5) is 0 Å². The molecule has 0 saturated carbocycles. The van der Waals surface area contributed by atoms with Crippen LogP contribution in [0.2, 0.25) is 0 Å². The van der Waals surface area contributed by atoms with E-state index in [-0.39, 0.29) is 23.8 Å². The molecule has 0 N–H and O–H groups in total. The third-order valence-electron chi connectivity index (χ3n) is 4.08. The first kappa shape index (κ1) is 15.4. The minimum atomic E-state index is -0.216. The van der Waals surface area contributed by atoms with Crippen molar-refractivity contribution in [3.63, 3.8) is 0 Å². The smallest absolute Gasteiger partial charge is 0.227 e. The molecule has 1 aromatic rings. The van der Waals surface area contributed by atoms with E-state index in [9.17, 15) is 9.59 Å². The Hall–Kier alpha value is -2.04. The minimum absolute atomic E-state index is 0.0650. The highest BCUT2D eigenvalue weighted by molar-refractivity contribution is 5.84. The summed E-state index contributed by atoms with van der Waals surface area (Å²) in [6.07, 6.45) is 1.02. The number of benzene rings is 1. The number of piperidine rings is 1. The number of hydrogen-bond donors (Lipinski definition) is 0. The van der Waals surface area contributed by atoms with Gasteiger partial charge in [-0.2, -0.15) is 0 Å². The average molecular weight is 290 g/mol. The highest BCUT2D eigenvalue weighted by Gasteiger charge is 2.39. The van der Waals surface area contributed by atoms with Gasteiger partial charge in [0.05, 0.1) is 19.1 Å². The molecule has 21 heavy (non-hydrogen) atoms. The molecule has 0 bridgehead atoms. The van der Waals surface area contributed by atoms with Crippen molar-refractivity contribution in [3.8, 4) is 5.75 Å². The number of ether oxygens (including phenoxy) is 1. The second kappa shape index (κ2) is 6.16. The lowest BCUT2D eigenvalue weighted by Crippen LogP contribution is -2.46. The molecule has 1 aliphatic rings. The van der Waals surface area contributed by atoms with Crippen molar-refractivity contribution >= 4 is 11.8 Å². The summed E-state index contributed by atoms with van der Waals surface area (Å²) < 4.78 is 5.16. The zero-order valence-corrected chi connectivity index (χ0v) is 13.0. The summed E-state index contributed by atoms with van der Waals surface area (Å²) >= 11 is 0. The lowest BCUT2D eigenvalue weighted by atomic mass is 9.83. The Kier molecular flexibility index (Phi) is 4.50. The molecule has 5 nitrogen and oxygen atoms in total. The van der Waals surface area contributed by atoms with Gasteiger partial charge in [0.15, 0.2) is 0 Å². The predicted molar refractivity (Wildman–Crippen MR) is 79.9 cm³/mol. The lowest BCUT2D eigenvalue weighted by Gasteiger charge is -2.39. The summed E-state index contributed by atoms with van der Waals surface area (Å²) in [4.78, 5) is 27.7. The number of carbonyl (C=O) groups is 2. The molecule has 1 aromatic carbocycles. The SMILES string of the molecule is COc1ccc([C@H]2[C@@H](C(=O)N(C)C)CCC(=O)N2C)cc1. The number of carbonyl (C=O) groups excluding carboxylic acids is 2. The van der Waals surface area contributed by atoms with Crippen molar-refractivity contribution in [2.45, 2.75) is 18.9 Å². The van der Waals surface area contributed by atoms with Crippen LogP contribution in [0.15, 0.2) is 24.3 Å². The Morgan fingerprint density at radius 1 is 1.29 bits per heavy atom. The summed E-state index contributed by atoms with van der Waals surface area (Å²) in [6, 6.07) is 7.36. The van der Waals surface area contributed by atoms with E-state index in [1.54, 1.807) is 38.1 Å². The molecule has 0 aromatic heterocycles. The van der Waals surface area contributed by atoms with Crippen LogP contribution in [0.1, 0.15) is 24.4 Å². The van der Waals surface area contributed by atoms with E-state index >= 15 is 0 Å². The van der Waals surface area contributed by atoms with Gasteiger partial charge in [-0.1, -0.05) is 12.1 Å². The zero-order valence-electron chi connectivity index (χ0n) is 13.0. The van der Waals surface area contributed by atoms with Crippen molar-refractivity contribution in [2.24, 2.45) is 5.92 Å². The molecule has 1 aliphatic heterocycles. The van der Waals surface area contributed by atoms with Crippen molar-refractivity contribution in [1.82, 2.24) is 9.80 Å². The van der Waals surface area contributed by atoms with E-state index in [1.807, 2.05) is 24.3 Å². The van der Waals surface area contributed by atoms with Crippen molar-refractivity contribution in [1.29, 1.82) is 0 Å². The van der Waals surface area contributed by atoms with E-state index in [4.69, 9.17) is 4.74 Å². The number of nitrogens with zero attached hydrogens (tertiary/aromatic N) is 2. The van der Waals surface area contributed by atoms with Crippen molar-refractivity contribution < 1.29 is 14.3 Å². The molecule has 5 heteroatoms. The van der Waals surface area contributed by atoms with Gasteiger partial charge in [-0.25, -0.2) is 0 Å². The highest BCUT2D eigenvalue weighted by Crippen LogP contribution is 2.37. The molecule has 0 unspecified atom stereocenters. The highest BCUT2D eigenvalue weighted by atomic mass is 16.5. The molecular formula is C16H22N2O3. The molecule has 114 valence electrons. The van der Waals surface area contributed by atoms with Gasteiger partial charge in [0, 0.05) is 27.6 Å². The van der Waals surface area contributed by atoms with Gasteiger partial charge in [-0.3, -0.25) is 9.59 Å². The largest absolute Gasteiger partial charge is 0.497 e. The van der Waals surface area contributed by atoms with Crippen LogP contribution in [0, 0.1) is 5.92 Å². The maximum absolute atomic E-state index is 12.4. The van der Waals surface area contributed by atoms with Crippen LogP contribution in [-0.4, -0.2) is 49.9 Å². The Labute approximate surface area is 125 Å². The topological polar surface area (TPSA) is 49.9 Å². The van der Waals surface area contributed by atoms with Gasteiger partial charge >= 0.3 is 0 Å². The van der Waals surface area contributed by atoms with E-state index in [0.29, 0.717) is 12.8 Å². The number of methoxy groups -OCH3 is 1. The maximum Gasteiger partial charge on any atom is 0.227 e.